The molecule has 2 aromatic heterocycles. The van der Waals surface area contributed by atoms with Crippen LogP contribution in [0.3, 0.4) is 0 Å². The number of benzene rings is 2. The van der Waals surface area contributed by atoms with E-state index in [4.69, 9.17) is 9.15 Å². The molecule has 0 amide bonds. The molecule has 2 heterocycles. The number of thiazole rings is 1. The highest BCUT2D eigenvalue weighted by molar-refractivity contribution is 7.11. The topological polar surface area (TPSA) is 93.2 Å². The zero-order chi connectivity index (χ0) is 21.1. The van der Waals surface area contributed by atoms with Crippen molar-refractivity contribution >= 4 is 39.9 Å². The molecule has 30 heavy (non-hydrogen) atoms. The number of para-hydroxylation sites is 1. The van der Waals surface area contributed by atoms with Crippen molar-refractivity contribution in [2.75, 3.05) is 0 Å². The lowest BCUT2D eigenvalue weighted by Gasteiger charge is -2.01. The van der Waals surface area contributed by atoms with Crippen LogP contribution in [0.5, 0.6) is 5.75 Å². The second-order valence-electron chi connectivity index (χ2n) is 6.36. The fourth-order valence-corrected chi connectivity index (χ4v) is 3.65. The molecule has 0 aliphatic carbocycles. The van der Waals surface area contributed by atoms with Gasteiger partial charge in [-0.3, -0.25) is 4.79 Å². The van der Waals surface area contributed by atoms with Gasteiger partial charge in [-0.25, -0.2) is 9.78 Å². The summed E-state index contributed by atoms with van der Waals surface area (Å²) in [6, 6.07) is 17.9. The zero-order valence-electron chi connectivity index (χ0n) is 15.8. The number of allylic oxidation sites excluding steroid dienone is 1. The molecule has 4 aromatic rings. The quantitative estimate of drug-likeness (QED) is 0.204. The molecule has 2 aromatic carbocycles. The number of esters is 1. The Morgan fingerprint density at radius 3 is 2.70 bits per heavy atom. The summed E-state index contributed by atoms with van der Waals surface area (Å²) in [5.74, 6) is 0.0298. The molecule has 0 fully saturated rings. The number of nitrogens with zero attached hydrogens (tertiary/aromatic N) is 2. The van der Waals surface area contributed by atoms with E-state index < -0.39 is 11.6 Å². The normalized spacial score (nSPS) is 11.3. The lowest BCUT2D eigenvalue weighted by atomic mass is 10.1. The van der Waals surface area contributed by atoms with Crippen LogP contribution in [0.4, 0.5) is 0 Å². The zero-order valence-corrected chi connectivity index (χ0v) is 16.6. The van der Waals surface area contributed by atoms with Gasteiger partial charge in [0.15, 0.2) is 0 Å². The lowest BCUT2D eigenvalue weighted by molar-refractivity contribution is -0.131. The van der Waals surface area contributed by atoms with Crippen molar-refractivity contribution in [1.82, 2.24) is 4.98 Å². The lowest BCUT2D eigenvalue weighted by Crippen LogP contribution is -2.02. The molecule has 0 bridgehead atoms. The molecule has 6 nitrogen and oxygen atoms in total. The average Bonchev–Trinajstić information content (AvgIpc) is 3.22. The monoisotopic (exact) mass is 414 g/mol. The SMILES string of the molecule is CC(=O)Oc1ccc(/C=C(/C#N)c2nc(-c3cc4ccccc4oc3=O)cs2)cc1. The largest absolute Gasteiger partial charge is 0.427 e. The average molecular weight is 414 g/mol. The number of ether oxygens (including phenoxy) is 1. The summed E-state index contributed by atoms with van der Waals surface area (Å²) in [5.41, 5.74) is 1.95. The molecule has 0 unspecified atom stereocenters. The number of rotatable bonds is 4. The third kappa shape index (κ3) is 4.04. The summed E-state index contributed by atoms with van der Waals surface area (Å²) >= 11 is 1.27. The smallest absolute Gasteiger partial charge is 0.345 e. The van der Waals surface area contributed by atoms with Crippen LogP contribution in [0.2, 0.25) is 0 Å². The number of hydrogen-bond donors (Lipinski definition) is 0. The van der Waals surface area contributed by atoms with Gasteiger partial charge in [0.1, 0.15) is 22.4 Å². The van der Waals surface area contributed by atoms with Gasteiger partial charge >= 0.3 is 11.6 Å². The molecule has 0 saturated heterocycles. The highest BCUT2D eigenvalue weighted by atomic mass is 32.1. The Balaban J connectivity index is 1.66. The van der Waals surface area contributed by atoms with Crippen LogP contribution in [0.25, 0.3) is 33.9 Å². The third-order valence-electron chi connectivity index (χ3n) is 4.23. The van der Waals surface area contributed by atoms with E-state index in [0.29, 0.717) is 33.2 Å². The van der Waals surface area contributed by atoms with Gasteiger partial charge in [-0.2, -0.15) is 5.26 Å². The molecule has 146 valence electrons. The van der Waals surface area contributed by atoms with Crippen LogP contribution >= 0.6 is 11.3 Å². The van der Waals surface area contributed by atoms with Crippen molar-refractivity contribution in [3.63, 3.8) is 0 Å². The maximum absolute atomic E-state index is 12.4. The van der Waals surface area contributed by atoms with Crippen molar-refractivity contribution in [1.29, 1.82) is 5.26 Å². The molecule has 0 aliphatic heterocycles. The molecule has 4 rings (SSSR count). The minimum Gasteiger partial charge on any atom is -0.427 e. The van der Waals surface area contributed by atoms with Crippen molar-refractivity contribution in [3.8, 4) is 23.1 Å². The summed E-state index contributed by atoms with van der Waals surface area (Å²) in [5, 5.41) is 12.6. The summed E-state index contributed by atoms with van der Waals surface area (Å²) in [6.07, 6.45) is 1.68. The number of nitriles is 1. The molecule has 0 spiro atoms. The highest BCUT2D eigenvalue weighted by Gasteiger charge is 2.14. The van der Waals surface area contributed by atoms with Gasteiger partial charge in [-0.05, 0) is 35.9 Å². The van der Waals surface area contributed by atoms with E-state index >= 15 is 0 Å². The molecule has 0 radical (unpaired) electrons. The maximum atomic E-state index is 12.4. The molecule has 0 saturated carbocycles. The Morgan fingerprint density at radius 1 is 1.20 bits per heavy atom. The predicted octanol–water partition coefficient (Wildman–Crippen LogP) is 4.91. The van der Waals surface area contributed by atoms with E-state index in [9.17, 15) is 14.9 Å². The molecular weight excluding hydrogens is 400 g/mol. The van der Waals surface area contributed by atoms with E-state index in [-0.39, 0.29) is 0 Å². The summed E-state index contributed by atoms with van der Waals surface area (Å²) < 4.78 is 10.4. The molecule has 0 atom stereocenters. The van der Waals surface area contributed by atoms with Gasteiger partial charge in [0.25, 0.3) is 0 Å². The third-order valence-corrected chi connectivity index (χ3v) is 5.10. The van der Waals surface area contributed by atoms with Gasteiger partial charge < -0.3 is 9.15 Å². The summed E-state index contributed by atoms with van der Waals surface area (Å²) in [7, 11) is 0. The number of aromatic nitrogens is 1. The van der Waals surface area contributed by atoms with Crippen molar-refractivity contribution < 1.29 is 13.9 Å². The molecular formula is C23H14N2O4S. The van der Waals surface area contributed by atoms with E-state index in [1.165, 1.54) is 18.3 Å². The van der Waals surface area contributed by atoms with E-state index in [2.05, 4.69) is 11.1 Å². The first-order valence-corrected chi connectivity index (χ1v) is 9.81. The first kappa shape index (κ1) is 19.3. The molecule has 0 aliphatic rings. The molecule has 0 N–H and O–H groups in total. The molecule has 7 heteroatoms. The standard InChI is InChI=1S/C23H14N2O4S/c1-14(26)28-18-8-6-15(7-9-18)10-17(12-24)22-25-20(13-30-22)19-11-16-4-2-3-5-21(16)29-23(19)27/h2-11,13H,1H3/b17-10-. The predicted molar refractivity (Wildman–Crippen MR) is 115 cm³/mol. The van der Waals surface area contributed by atoms with Crippen LogP contribution in [0, 0.1) is 11.3 Å². The minimum atomic E-state index is -0.478. The number of fused-ring (bicyclic) bond motifs is 1. The fraction of sp³-hybridized carbons (Fsp3) is 0.0435. The minimum absolute atomic E-state index is 0.347. The number of hydrogen-bond acceptors (Lipinski definition) is 7. The van der Waals surface area contributed by atoms with Crippen LogP contribution in [-0.2, 0) is 4.79 Å². The van der Waals surface area contributed by atoms with Crippen molar-refractivity contribution in [2.45, 2.75) is 6.92 Å². The second-order valence-corrected chi connectivity index (χ2v) is 7.21. The summed E-state index contributed by atoms with van der Waals surface area (Å²) in [6.45, 7) is 1.33. The van der Waals surface area contributed by atoms with E-state index in [1.807, 2.05) is 12.1 Å². The maximum Gasteiger partial charge on any atom is 0.345 e. The highest BCUT2D eigenvalue weighted by Crippen LogP contribution is 2.27. The first-order chi connectivity index (χ1) is 14.5. The Bertz CT molecular complexity index is 1370. The van der Waals surface area contributed by atoms with Crippen LogP contribution in [0.15, 0.2) is 69.2 Å². The van der Waals surface area contributed by atoms with Crippen molar-refractivity contribution in [2.24, 2.45) is 0 Å². The van der Waals surface area contributed by atoms with Gasteiger partial charge in [0.2, 0.25) is 0 Å². The van der Waals surface area contributed by atoms with Crippen LogP contribution in [0.1, 0.15) is 17.5 Å². The Labute approximate surface area is 175 Å². The Kier molecular flexibility index (Phi) is 5.24. The summed E-state index contributed by atoms with van der Waals surface area (Å²) in [4.78, 5) is 27.8. The fourth-order valence-electron chi connectivity index (χ4n) is 2.87. The first-order valence-electron chi connectivity index (χ1n) is 8.93. The Morgan fingerprint density at radius 2 is 1.97 bits per heavy atom. The number of carbonyl (C=O) groups excluding carboxylic acids is 1. The van der Waals surface area contributed by atoms with Gasteiger partial charge in [0, 0.05) is 17.7 Å². The van der Waals surface area contributed by atoms with Crippen molar-refractivity contribution in [3.05, 3.63) is 81.0 Å². The van der Waals surface area contributed by atoms with Gasteiger partial charge in [0.05, 0.1) is 16.8 Å². The van der Waals surface area contributed by atoms with E-state index in [0.717, 1.165) is 10.9 Å². The van der Waals surface area contributed by atoms with Gasteiger partial charge in [-0.15, -0.1) is 11.3 Å². The second kappa shape index (κ2) is 8.15. The number of carbonyl (C=O) groups is 1. The van der Waals surface area contributed by atoms with Crippen LogP contribution in [-0.4, -0.2) is 11.0 Å². The van der Waals surface area contributed by atoms with Crippen LogP contribution < -0.4 is 10.4 Å². The van der Waals surface area contributed by atoms with Gasteiger partial charge in [-0.1, -0.05) is 30.3 Å². The Hall–Kier alpha value is -4.02. The van der Waals surface area contributed by atoms with E-state index in [1.54, 1.807) is 53.9 Å².